The molecule has 0 spiro atoms. The summed E-state index contributed by atoms with van der Waals surface area (Å²) in [4.78, 5) is 12.8. The van der Waals surface area contributed by atoms with E-state index in [-0.39, 0.29) is 10.6 Å². The fourth-order valence-electron chi connectivity index (χ4n) is 2.74. The van der Waals surface area contributed by atoms with Gasteiger partial charge in [0.05, 0.1) is 4.90 Å². The van der Waals surface area contributed by atoms with E-state index in [2.05, 4.69) is 20.2 Å². The van der Waals surface area contributed by atoms with Crippen molar-refractivity contribution in [2.75, 3.05) is 10.0 Å². The van der Waals surface area contributed by atoms with Gasteiger partial charge in [0.2, 0.25) is 5.13 Å². The Morgan fingerprint density at radius 1 is 0.906 bits per heavy atom. The quantitative estimate of drug-likeness (QED) is 0.274. The lowest BCUT2D eigenvalue weighted by atomic mass is 10.2. The van der Waals surface area contributed by atoms with Crippen LogP contribution in [-0.4, -0.2) is 24.5 Å². The number of nitrogens with one attached hydrogen (secondary N) is 2. The van der Waals surface area contributed by atoms with Gasteiger partial charge in [-0.1, -0.05) is 77.7 Å². The summed E-state index contributed by atoms with van der Waals surface area (Å²) in [6.45, 7) is 0. The van der Waals surface area contributed by atoms with Crippen molar-refractivity contribution >= 4 is 49.8 Å². The van der Waals surface area contributed by atoms with Gasteiger partial charge in [-0.05, 0) is 35.9 Å². The Labute approximate surface area is 194 Å². The van der Waals surface area contributed by atoms with Gasteiger partial charge >= 0.3 is 0 Å². The highest BCUT2D eigenvalue weighted by molar-refractivity contribution is 8.00. The highest BCUT2D eigenvalue weighted by atomic mass is 32.2. The molecule has 0 unspecified atom stereocenters. The third-order valence-corrected chi connectivity index (χ3v) is 7.70. The molecule has 162 valence electrons. The van der Waals surface area contributed by atoms with Crippen LogP contribution in [0.1, 0.15) is 15.9 Å². The second kappa shape index (κ2) is 9.94. The molecule has 0 saturated carbocycles. The molecular formula is C22H18N4O3S3. The van der Waals surface area contributed by atoms with Crippen molar-refractivity contribution in [1.29, 1.82) is 0 Å². The molecule has 0 aliphatic carbocycles. The van der Waals surface area contributed by atoms with Crippen molar-refractivity contribution in [3.8, 4) is 0 Å². The molecule has 32 heavy (non-hydrogen) atoms. The van der Waals surface area contributed by atoms with E-state index in [4.69, 9.17) is 0 Å². The van der Waals surface area contributed by atoms with Crippen LogP contribution in [0.2, 0.25) is 0 Å². The number of rotatable bonds is 8. The molecule has 3 aromatic carbocycles. The number of hydrogen-bond donors (Lipinski definition) is 2. The topological polar surface area (TPSA) is 101 Å². The maximum absolute atomic E-state index is 12.6. The first-order chi connectivity index (χ1) is 15.5. The lowest BCUT2D eigenvalue weighted by molar-refractivity contribution is 0.102. The average molecular weight is 483 g/mol. The van der Waals surface area contributed by atoms with Crippen LogP contribution in [0, 0.1) is 0 Å². The summed E-state index contributed by atoms with van der Waals surface area (Å²) in [5, 5.41) is 11.2. The number of carbonyl (C=O) groups excluding carboxylic acids is 1. The van der Waals surface area contributed by atoms with Gasteiger partial charge in [0.15, 0.2) is 4.34 Å². The molecule has 0 bridgehead atoms. The first kappa shape index (κ1) is 22.0. The number of carbonyl (C=O) groups is 1. The van der Waals surface area contributed by atoms with E-state index < -0.39 is 15.9 Å². The number of benzene rings is 3. The van der Waals surface area contributed by atoms with Crippen LogP contribution in [0.4, 0.5) is 10.8 Å². The van der Waals surface area contributed by atoms with Gasteiger partial charge in [0, 0.05) is 17.0 Å². The highest BCUT2D eigenvalue weighted by Gasteiger charge is 2.15. The van der Waals surface area contributed by atoms with Crippen LogP contribution in [0.3, 0.4) is 0 Å². The van der Waals surface area contributed by atoms with E-state index in [1.807, 2.05) is 30.3 Å². The molecule has 0 saturated heterocycles. The van der Waals surface area contributed by atoms with Crippen LogP contribution in [-0.2, 0) is 15.8 Å². The van der Waals surface area contributed by atoms with Crippen molar-refractivity contribution < 1.29 is 13.2 Å². The maximum Gasteiger partial charge on any atom is 0.261 e. The van der Waals surface area contributed by atoms with Gasteiger partial charge in [0.25, 0.3) is 15.9 Å². The molecule has 0 fully saturated rings. The van der Waals surface area contributed by atoms with E-state index in [0.29, 0.717) is 10.7 Å². The first-order valence-electron chi connectivity index (χ1n) is 9.49. The van der Waals surface area contributed by atoms with Crippen molar-refractivity contribution in [2.45, 2.75) is 15.0 Å². The van der Waals surface area contributed by atoms with E-state index >= 15 is 0 Å². The molecule has 0 aliphatic rings. The summed E-state index contributed by atoms with van der Waals surface area (Å²) >= 11 is 2.82. The molecule has 1 heterocycles. The molecule has 0 aliphatic heterocycles. The minimum atomic E-state index is -3.75. The number of nitrogens with zero attached hydrogens (tertiary/aromatic N) is 2. The van der Waals surface area contributed by atoms with Gasteiger partial charge in [-0.25, -0.2) is 8.42 Å². The minimum Gasteiger partial charge on any atom is -0.296 e. The number of thioether (sulfide) groups is 1. The first-order valence-corrected chi connectivity index (χ1v) is 12.8. The molecule has 2 N–H and O–H groups in total. The van der Waals surface area contributed by atoms with Crippen LogP contribution in [0.15, 0.2) is 94.2 Å². The summed E-state index contributed by atoms with van der Waals surface area (Å²) < 4.78 is 28.3. The second-order valence-corrected chi connectivity index (χ2v) is 10.5. The molecule has 10 heteroatoms. The Morgan fingerprint density at radius 3 is 2.38 bits per heavy atom. The molecule has 4 rings (SSSR count). The number of anilines is 2. The molecule has 7 nitrogen and oxygen atoms in total. The Balaban J connectivity index is 1.39. The lowest BCUT2D eigenvalue weighted by Crippen LogP contribution is -2.15. The Bertz CT molecular complexity index is 1310. The Hall–Kier alpha value is -3.21. The van der Waals surface area contributed by atoms with E-state index in [1.165, 1.54) is 35.1 Å². The summed E-state index contributed by atoms with van der Waals surface area (Å²) in [5.41, 5.74) is 1.76. The van der Waals surface area contributed by atoms with Gasteiger partial charge in [-0.15, -0.1) is 10.2 Å². The smallest absolute Gasteiger partial charge is 0.261 e. The maximum atomic E-state index is 12.6. The van der Waals surface area contributed by atoms with Gasteiger partial charge in [0.1, 0.15) is 0 Å². The molecule has 1 aromatic heterocycles. The fourth-order valence-corrected chi connectivity index (χ4v) is 5.52. The molecule has 1 amide bonds. The van der Waals surface area contributed by atoms with Gasteiger partial charge < -0.3 is 0 Å². The van der Waals surface area contributed by atoms with E-state index in [9.17, 15) is 13.2 Å². The standard InChI is InChI=1S/C22H18N4O3S3/c27-20(23-21-24-25-22(31-21)30-15-16-8-3-1-4-9-16)17-10-7-11-18(14-17)26-32(28,29)19-12-5-2-6-13-19/h1-14,26H,15H2,(H,23,24,27). The van der Waals surface area contributed by atoms with Gasteiger partial charge in [-0.2, -0.15) is 0 Å². The summed E-state index contributed by atoms with van der Waals surface area (Å²) in [6.07, 6.45) is 0. The van der Waals surface area contributed by atoms with Gasteiger partial charge in [-0.3, -0.25) is 14.8 Å². The normalized spacial score (nSPS) is 11.1. The largest absolute Gasteiger partial charge is 0.296 e. The number of sulfonamides is 1. The van der Waals surface area contributed by atoms with Crippen molar-refractivity contribution in [1.82, 2.24) is 10.2 Å². The lowest BCUT2D eigenvalue weighted by Gasteiger charge is -2.09. The van der Waals surface area contributed by atoms with Crippen LogP contribution in [0.5, 0.6) is 0 Å². The molecule has 0 radical (unpaired) electrons. The fraction of sp³-hybridized carbons (Fsp3) is 0.0455. The summed E-state index contributed by atoms with van der Waals surface area (Å²) in [5.74, 6) is 0.356. The van der Waals surface area contributed by atoms with E-state index in [1.54, 1.807) is 48.2 Å². The zero-order valence-electron chi connectivity index (χ0n) is 16.6. The van der Waals surface area contributed by atoms with E-state index in [0.717, 1.165) is 10.1 Å². The Kier molecular flexibility index (Phi) is 6.84. The second-order valence-electron chi connectivity index (χ2n) is 6.60. The Morgan fingerprint density at radius 2 is 1.62 bits per heavy atom. The molecular weight excluding hydrogens is 464 g/mol. The predicted molar refractivity (Wildman–Crippen MR) is 128 cm³/mol. The molecule has 0 atom stereocenters. The van der Waals surface area contributed by atoms with Crippen molar-refractivity contribution in [3.05, 3.63) is 96.1 Å². The SMILES string of the molecule is O=C(Nc1nnc(SCc2ccccc2)s1)c1cccc(NS(=O)(=O)c2ccccc2)c1. The number of aromatic nitrogens is 2. The zero-order valence-corrected chi connectivity index (χ0v) is 19.1. The van der Waals surface area contributed by atoms with Crippen LogP contribution >= 0.6 is 23.1 Å². The zero-order chi connectivity index (χ0) is 22.4. The predicted octanol–water partition coefficient (Wildman–Crippen LogP) is 4.88. The van der Waals surface area contributed by atoms with Crippen molar-refractivity contribution in [3.63, 3.8) is 0 Å². The van der Waals surface area contributed by atoms with Crippen molar-refractivity contribution in [2.24, 2.45) is 0 Å². The summed E-state index contributed by atoms with van der Waals surface area (Å²) in [6, 6.07) is 24.3. The monoisotopic (exact) mass is 482 g/mol. The minimum absolute atomic E-state index is 0.143. The molecule has 4 aromatic rings. The van der Waals surface area contributed by atoms with Crippen LogP contribution < -0.4 is 10.0 Å². The third-order valence-electron chi connectivity index (χ3n) is 4.26. The number of amides is 1. The summed E-state index contributed by atoms with van der Waals surface area (Å²) in [7, 11) is -3.75. The highest BCUT2D eigenvalue weighted by Crippen LogP contribution is 2.28. The third kappa shape index (κ3) is 5.72. The van der Waals surface area contributed by atoms with Crippen LogP contribution in [0.25, 0.3) is 0 Å². The number of hydrogen-bond acceptors (Lipinski definition) is 7. The average Bonchev–Trinajstić information content (AvgIpc) is 3.26.